The monoisotopic (exact) mass is 663 g/mol. The quantitative estimate of drug-likeness (QED) is 0.172. The van der Waals surface area contributed by atoms with Crippen molar-refractivity contribution in [1.82, 2.24) is 24.1 Å². The molecule has 0 saturated heterocycles. The van der Waals surface area contributed by atoms with Gasteiger partial charge in [-0.25, -0.2) is 15.0 Å². The van der Waals surface area contributed by atoms with E-state index in [9.17, 15) is 0 Å². The fourth-order valence-electron chi connectivity index (χ4n) is 8.05. The molecule has 0 radical (unpaired) electrons. The number of hydrogen-bond donors (Lipinski definition) is 0. The molecule has 0 N–H and O–H groups in total. The molecule has 52 heavy (non-hydrogen) atoms. The average Bonchev–Trinajstić information content (AvgIpc) is 3.75. The third-order valence-corrected chi connectivity index (χ3v) is 10.3. The van der Waals surface area contributed by atoms with Gasteiger partial charge in [-0.05, 0) is 59.3 Å². The summed E-state index contributed by atoms with van der Waals surface area (Å²) in [5.41, 5.74) is 10.4. The van der Waals surface area contributed by atoms with E-state index in [0.29, 0.717) is 5.82 Å². The van der Waals surface area contributed by atoms with E-state index >= 15 is 0 Å². The molecular formula is C47H29N5. The number of pyridine rings is 1. The maximum absolute atomic E-state index is 5.16. The number of para-hydroxylation sites is 2. The minimum atomic E-state index is 0.653. The fraction of sp³-hybridized carbons (Fsp3) is 0. The van der Waals surface area contributed by atoms with Crippen LogP contribution in [0.2, 0.25) is 0 Å². The van der Waals surface area contributed by atoms with Gasteiger partial charge in [0.15, 0.2) is 5.82 Å². The first-order valence-electron chi connectivity index (χ1n) is 17.5. The van der Waals surface area contributed by atoms with Crippen LogP contribution in [0.3, 0.4) is 0 Å². The third kappa shape index (κ3) is 4.26. The highest BCUT2D eigenvalue weighted by molar-refractivity contribution is 6.32. The fourth-order valence-corrected chi connectivity index (χ4v) is 8.05. The summed E-state index contributed by atoms with van der Waals surface area (Å²) < 4.78 is 4.77. The smallest absolute Gasteiger partial charge is 0.160 e. The van der Waals surface area contributed by atoms with E-state index in [1.165, 1.54) is 37.8 Å². The number of benzene rings is 7. The summed E-state index contributed by atoms with van der Waals surface area (Å²) in [6.45, 7) is 0. The van der Waals surface area contributed by atoms with Crippen molar-refractivity contribution in [3.63, 3.8) is 0 Å². The summed E-state index contributed by atoms with van der Waals surface area (Å²) in [6.07, 6.45) is 1.89. The van der Waals surface area contributed by atoms with Crippen LogP contribution < -0.4 is 0 Å². The number of aromatic nitrogens is 5. The molecule has 242 valence electrons. The number of rotatable bonds is 5. The average molecular weight is 664 g/mol. The Morgan fingerprint density at radius 3 is 1.81 bits per heavy atom. The number of fused-ring (bicyclic) bond motifs is 4. The van der Waals surface area contributed by atoms with Crippen LogP contribution in [-0.2, 0) is 0 Å². The van der Waals surface area contributed by atoms with E-state index < -0.39 is 0 Å². The van der Waals surface area contributed by atoms with Crippen molar-refractivity contribution in [1.29, 1.82) is 0 Å². The zero-order valence-corrected chi connectivity index (χ0v) is 28.0. The second-order valence-corrected chi connectivity index (χ2v) is 13.3. The highest BCUT2D eigenvalue weighted by Gasteiger charge is 2.24. The van der Waals surface area contributed by atoms with E-state index in [4.69, 9.17) is 15.0 Å². The van der Waals surface area contributed by atoms with Crippen molar-refractivity contribution in [3.05, 3.63) is 176 Å². The highest BCUT2D eigenvalue weighted by atomic mass is 15.1. The molecule has 11 rings (SSSR count). The van der Waals surface area contributed by atoms with Gasteiger partial charge in [0.05, 0.1) is 33.5 Å². The second kappa shape index (κ2) is 11.2. The van der Waals surface area contributed by atoms with Gasteiger partial charge in [0.25, 0.3) is 0 Å². The largest absolute Gasteiger partial charge is 0.307 e. The van der Waals surface area contributed by atoms with Crippen LogP contribution in [-0.4, -0.2) is 24.1 Å². The van der Waals surface area contributed by atoms with E-state index in [2.05, 4.69) is 137 Å². The molecule has 0 fully saturated rings. The summed E-state index contributed by atoms with van der Waals surface area (Å²) in [7, 11) is 0. The number of nitrogens with zero attached hydrogens (tertiary/aromatic N) is 5. The molecule has 0 amide bonds. The van der Waals surface area contributed by atoms with Crippen molar-refractivity contribution in [2.45, 2.75) is 0 Å². The Balaban J connectivity index is 1.24. The Kier molecular flexibility index (Phi) is 6.18. The van der Waals surface area contributed by atoms with Crippen LogP contribution in [0.4, 0.5) is 0 Å². The maximum Gasteiger partial charge on any atom is 0.160 e. The Morgan fingerprint density at radius 2 is 1.06 bits per heavy atom. The minimum Gasteiger partial charge on any atom is -0.307 e. The molecule has 0 unspecified atom stereocenters. The molecule has 5 nitrogen and oxygen atoms in total. The summed E-state index contributed by atoms with van der Waals surface area (Å²) in [5.74, 6) is 1.47. The molecule has 4 heterocycles. The maximum atomic E-state index is 5.16. The standard InChI is InChI=1S/C47H29N5/c1-4-13-30(14-5-1)38-29-39(31-15-6-2-7-16-31)50-47(49-38)34-25-26-48-42(28-34)52-41-22-12-17-32-23-24-33-27-37-36-20-10-11-21-40(36)51(35-18-8-3-9-19-35)45(37)46(52)44(33)43(32)41/h1-29H. The summed E-state index contributed by atoms with van der Waals surface area (Å²) in [6, 6.07) is 59.7. The van der Waals surface area contributed by atoms with Crippen LogP contribution in [0.25, 0.3) is 99.8 Å². The van der Waals surface area contributed by atoms with Crippen LogP contribution >= 0.6 is 0 Å². The lowest BCUT2D eigenvalue weighted by Crippen LogP contribution is -2.02. The van der Waals surface area contributed by atoms with Gasteiger partial charge < -0.3 is 4.57 Å². The Bertz CT molecular complexity index is 3050. The predicted octanol–water partition coefficient (Wildman–Crippen LogP) is 11.7. The van der Waals surface area contributed by atoms with Gasteiger partial charge in [0.1, 0.15) is 5.82 Å². The lowest BCUT2D eigenvalue weighted by atomic mass is 10.00. The Hall–Kier alpha value is -7.11. The van der Waals surface area contributed by atoms with E-state index in [1.54, 1.807) is 0 Å². The molecular weight excluding hydrogens is 635 g/mol. The van der Waals surface area contributed by atoms with Gasteiger partial charge in [-0.3, -0.25) is 4.57 Å². The van der Waals surface area contributed by atoms with Gasteiger partial charge in [-0.15, -0.1) is 0 Å². The molecule has 0 spiro atoms. The molecule has 0 aliphatic rings. The van der Waals surface area contributed by atoms with Crippen LogP contribution in [0, 0.1) is 0 Å². The Labute approximate surface area is 299 Å². The predicted molar refractivity (Wildman–Crippen MR) is 214 cm³/mol. The summed E-state index contributed by atoms with van der Waals surface area (Å²) in [5, 5.41) is 7.32. The van der Waals surface area contributed by atoms with E-state index in [-0.39, 0.29) is 0 Å². The molecule has 0 aliphatic heterocycles. The zero-order valence-electron chi connectivity index (χ0n) is 28.0. The molecule has 0 bridgehead atoms. The summed E-state index contributed by atoms with van der Waals surface area (Å²) in [4.78, 5) is 15.4. The topological polar surface area (TPSA) is 48.5 Å². The van der Waals surface area contributed by atoms with Crippen LogP contribution in [0.1, 0.15) is 0 Å². The van der Waals surface area contributed by atoms with Crippen LogP contribution in [0.5, 0.6) is 0 Å². The normalized spacial score (nSPS) is 11.8. The molecule has 0 saturated carbocycles. The molecule has 0 atom stereocenters. The van der Waals surface area contributed by atoms with Crippen molar-refractivity contribution in [2.24, 2.45) is 0 Å². The third-order valence-electron chi connectivity index (χ3n) is 10.3. The van der Waals surface area contributed by atoms with Crippen molar-refractivity contribution in [3.8, 4) is 45.4 Å². The molecule has 0 aliphatic carbocycles. The highest BCUT2D eigenvalue weighted by Crippen LogP contribution is 2.45. The van der Waals surface area contributed by atoms with Gasteiger partial charge in [0, 0.05) is 50.1 Å². The first-order valence-corrected chi connectivity index (χ1v) is 17.5. The molecule has 4 aromatic heterocycles. The lowest BCUT2D eigenvalue weighted by molar-refractivity contribution is 1.07. The SMILES string of the molecule is c1ccc(-c2cc(-c3ccccc3)nc(-c3ccnc(-n4c5cccc6ccc7cc8c9ccccc9n(-c9ccccc9)c8c4c7c65)c3)n2)cc1. The first kappa shape index (κ1) is 28.7. The second-order valence-electron chi connectivity index (χ2n) is 13.3. The first-order chi connectivity index (χ1) is 25.8. The zero-order chi connectivity index (χ0) is 34.2. The van der Waals surface area contributed by atoms with Gasteiger partial charge in [-0.2, -0.15) is 0 Å². The van der Waals surface area contributed by atoms with Crippen LogP contribution in [0.15, 0.2) is 176 Å². The van der Waals surface area contributed by atoms with Gasteiger partial charge in [0.2, 0.25) is 0 Å². The van der Waals surface area contributed by atoms with Gasteiger partial charge >= 0.3 is 0 Å². The number of hydrogen-bond acceptors (Lipinski definition) is 3. The lowest BCUT2D eigenvalue weighted by Gasteiger charge is -2.13. The van der Waals surface area contributed by atoms with Crippen molar-refractivity contribution >= 4 is 54.4 Å². The summed E-state index contributed by atoms with van der Waals surface area (Å²) >= 11 is 0. The van der Waals surface area contributed by atoms with Crippen molar-refractivity contribution in [2.75, 3.05) is 0 Å². The van der Waals surface area contributed by atoms with E-state index in [0.717, 1.165) is 56.1 Å². The van der Waals surface area contributed by atoms with E-state index in [1.807, 2.05) is 48.7 Å². The minimum absolute atomic E-state index is 0.653. The molecule has 7 aromatic carbocycles. The molecule has 5 heteroatoms. The Morgan fingerprint density at radius 1 is 0.404 bits per heavy atom. The van der Waals surface area contributed by atoms with Crippen molar-refractivity contribution < 1.29 is 0 Å². The molecule has 11 aromatic rings. The van der Waals surface area contributed by atoms with Gasteiger partial charge in [-0.1, -0.05) is 121 Å².